The van der Waals surface area contributed by atoms with Crippen LogP contribution in [0.3, 0.4) is 0 Å². The molecule has 0 aliphatic carbocycles. The average Bonchev–Trinajstić information content (AvgIpc) is 3.29. The maximum absolute atomic E-state index is 14.0. The Bertz CT molecular complexity index is 1200. The van der Waals surface area contributed by atoms with E-state index in [4.69, 9.17) is 4.74 Å². The molecule has 0 unspecified atom stereocenters. The fourth-order valence-corrected chi connectivity index (χ4v) is 4.07. The minimum Gasteiger partial charge on any atom is -0.433 e. The Balaban J connectivity index is 1.48. The first-order valence-corrected chi connectivity index (χ1v) is 11.3. The van der Waals surface area contributed by atoms with Crippen molar-refractivity contribution in [3.05, 3.63) is 53.8 Å². The molecule has 184 valence electrons. The van der Waals surface area contributed by atoms with E-state index in [0.29, 0.717) is 26.3 Å². The number of ether oxygens (including phenoxy) is 2. The van der Waals surface area contributed by atoms with E-state index in [1.807, 2.05) is 4.90 Å². The summed E-state index contributed by atoms with van der Waals surface area (Å²) in [5, 5.41) is 13.2. The first-order chi connectivity index (χ1) is 16.9. The molecule has 0 bridgehead atoms. The second-order valence-electron chi connectivity index (χ2n) is 7.37. The van der Waals surface area contributed by atoms with Crippen LogP contribution in [0.15, 0.2) is 42.5 Å². The van der Waals surface area contributed by atoms with Gasteiger partial charge in [-0.05, 0) is 30.3 Å². The first-order valence-electron chi connectivity index (χ1n) is 10.5. The van der Waals surface area contributed by atoms with E-state index >= 15 is 0 Å². The zero-order valence-electron chi connectivity index (χ0n) is 18.2. The fraction of sp³-hybridized carbons (Fsp3) is 0.273. The van der Waals surface area contributed by atoms with Gasteiger partial charge in [0.2, 0.25) is 11.0 Å². The molecular formula is C22H20F3N5O4S. The number of halogens is 3. The lowest BCUT2D eigenvalue weighted by molar-refractivity contribution is -0.118. The van der Waals surface area contributed by atoms with Crippen LogP contribution in [-0.4, -0.2) is 66.4 Å². The third kappa shape index (κ3) is 6.53. The Morgan fingerprint density at radius 3 is 2.63 bits per heavy atom. The lowest BCUT2D eigenvalue weighted by Gasteiger charge is -2.26. The Morgan fingerprint density at radius 1 is 1.11 bits per heavy atom. The van der Waals surface area contributed by atoms with Gasteiger partial charge in [-0.25, -0.2) is 4.39 Å². The maximum atomic E-state index is 14.0. The molecule has 2 amide bonds. The second kappa shape index (κ2) is 11.3. The van der Waals surface area contributed by atoms with E-state index < -0.39 is 24.2 Å². The van der Waals surface area contributed by atoms with Gasteiger partial charge in [0.1, 0.15) is 11.6 Å². The number of amides is 2. The molecule has 1 fully saturated rings. The highest BCUT2D eigenvalue weighted by molar-refractivity contribution is 7.18. The van der Waals surface area contributed by atoms with Gasteiger partial charge in [-0.15, -0.1) is 10.2 Å². The number of benzene rings is 2. The second-order valence-corrected chi connectivity index (χ2v) is 8.35. The van der Waals surface area contributed by atoms with E-state index in [1.54, 1.807) is 12.1 Å². The van der Waals surface area contributed by atoms with E-state index in [0.717, 1.165) is 17.4 Å². The normalized spacial score (nSPS) is 14.1. The molecule has 1 saturated heterocycles. The summed E-state index contributed by atoms with van der Waals surface area (Å²) in [5.41, 5.74) is 0.209. The number of hydrogen-bond donors (Lipinski definition) is 2. The number of nitrogens with zero attached hydrogens (tertiary/aromatic N) is 3. The van der Waals surface area contributed by atoms with Crippen molar-refractivity contribution in [2.24, 2.45) is 0 Å². The molecule has 1 aliphatic heterocycles. The van der Waals surface area contributed by atoms with Crippen molar-refractivity contribution in [3.8, 4) is 16.3 Å². The van der Waals surface area contributed by atoms with Gasteiger partial charge in [0.25, 0.3) is 5.91 Å². The van der Waals surface area contributed by atoms with Crippen molar-refractivity contribution < 1.29 is 32.2 Å². The van der Waals surface area contributed by atoms with E-state index in [2.05, 4.69) is 25.6 Å². The summed E-state index contributed by atoms with van der Waals surface area (Å²) in [6.45, 7) is -0.986. The minimum atomic E-state index is -3.12. The van der Waals surface area contributed by atoms with Gasteiger partial charge in [-0.1, -0.05) is 23.5 Å². The summed E-state index contributed by atoms with van der Waals surface area (Å²) in [5.74, 6) is -1.85. The molecule has 3 aromatic rings. The van der Waals surface area contributed by atoms with Crippen LogP contribution >= 0.6 is 11.3 Å². The molecule has 35 heavy (non-hydrogen) atoms. The zero-order valence-corrected chi connectivity index (χ0v) is 19.0. The number of morpholine rings is 1. The van der Waals surface area contributed by atoms with E-state index in [1.165, 1.54) is 24.3 Å². The predicted molar refractivity (Wildman–Crippen MR) is 122 cm³/mol. The van der Waals surface area contributed by atoms with Crippen molar-refractivity contribution in [2.75, 3.05) is 43.5 Å². The third-order valence-electron chi connectivity index (χ3n) is 4.95. The first kappa shape index (κ1) is 24.6. The quantitative estimate of drug-likeness (QED) is 0.481. The fourth-order valence-electron chi connectivity index (χ4n) is 3.31. The number of hydrogen-bond acceptors (Lipinski definition) is 8. The summed E-state index contributed by atoms with van der Waals surface area (Å²) in [6, 6.07) is 9.67. The summed E-state index contributed by atoms with van der Waals surface area (Å²) < 4.78 is 49.4. The molecule has 0 spiro atoms. The van der Waals surface area contributed by atoms with Crippen LogP contribution in [0.5, 0.6) is 5.75 Å². The Labute approximate surface area is 201 Å². The van der Waals surface area contributed by atoms with Crippen LogP contribution in [0.25, 0.3) is 10.6 Å². The highest BCUT2D eigenvalue weighted by Gasteiger charge is 2.19. The van der Waals surface area contributed by atoms with Crippen LogP contribution in [0.2, 0.25) is 0 Å². The van der Waals surface area contributed by atoms with Crippen LogP contribution in [0.1, 0.15) is 10.4 Å². The number of rotatable bonds is 8. The zero-order chi connectivity index (χ0) is 24.8. The molecule has 2 N–H and O–H groups in total. The lowest BCUT2D eigenvalue weighted by atomic mass is 10.1. The highest BCUT2D eigenvalue weighted by Crippen LogP contribution is 2.30. The summed E-state index contributed by atoms with van der Waals surface area (Å²) in [7, 11) is 0. The molecule has 9 nitrogen and oxygen atoms in total. The molecule has 2 aromatic carbocycles. The largest absolute Gasteiger partial charge is 0.433 e. The SMILES string of the molecule is O=C(CN1CCOCC1)Nc1cc(C(=O)Nc2nnc(-c3ccccc3F)s2)ccc1OC(F)F. The van der Waals surface area contributed by atoms with Gasteiger partial charge >= 0.3 is 6.61 Å². The monoisotopic (exact) mass is 507 g/mol. The summed E-state index contributed by atoms with van der Waals surface area (Å²) in [4.78, 5) is 27.1. The van der Waals surface area contributed by atoms with Crippen LogP contribution in [0.4, 0.5) is 24.0 Å². The number of carbonyl (C=O) groups is 2. The van der Waals surface area contributed by atoms with Gasteiger partial charge in [-0.3, -0.25) is 19.8 Å². The van der Waals surface area contributed by atoms with Crippen LogP contribution < -0.4 is 15.4 Å². The summed E-state index contributed by atoms with van der Waals surface area (Å²) in [6.07, 6.45) is 0. The molecule has 13 heteroatoms. The van der Waals surface area contributed by atoms with Crippen molar-refractivity contribution >= 4 is 34.0 Å². The molecule has 0 atom stereocenters. The molecular weight excluding hydrogens is 487 g/mol. The molecule has 1 aliphatic rings. The van der Waals surface area contributed by atoms with Gasteiger partial charge in [0.05, 0.1) is 25.4 Å². The van der Waals surface area contributed by atoms with Crippen molar-refractivity contribution in [2.45, 2.75) is 6.61 Å². The van der Waals surface area contributed by atoms with Crippen LogP contribution in [-0.2, 0) is 9.53 Å². The van der Waals surface area contributed by atoms with Gasteiger partial charge in [0, 0.05) is 24.2 Å². The van der Waals surface area contributed by atoms with Crippen LogP contribution in [0, 0.1) is 5.82 Å². The molecule has 0 radical (unpaired) electrons. The third-order valence-corrected chi connectivity index (χ3v) is 5.82. The molecule has 0 saturated carbocycles. The van der Waals surface area contributed by atoms with Gasteiger partial charge in [-0.2, -0.15) is 8.78 Å². The Hall–Kier alpha value is -3.55. The van der Waals surface area contributed by atoms with Crippen molar-refractivity contribution in [3.63, 3.8) is 0 Å². The number of aromatic nitrogens is 2. The molecule has 4 rings (SSSR count). The standard InChI is InChI=1S/C22H20F3N5O4S/c23-15-4-2-1-3-14(15)20-28-29-22(35-20)27-19(32)13-5-6-17(34-21(24)25)16(11-13)26-18(31)12-30-7-9-33-10-8-30/h1-6,11,21H,7-10,12H2,(H,26,31)(H,27,29,32). The molecule has 1 aromatic heterocycles. The van der Waals surface area contributed by atoms with Crippen molar-refractivity contribution in [1.29, 1.82) is 0 Å². The van der Waals surface area contributed by atoms with E-state index in [9.17, 15) is 22.8 Å². The predicted octanol–water partition coefficient (Wildman–Crippen LogP) is 3.47. The smallest absolute Gasteiger partial charge is 0.387 e. The number of carbonyl (C=O) groups excluding carboxylic acids is 2. The van der Waals surface area contributed by atoms with Crippen molar-refractivity contribution in [1.82, 2.24) is 15.1 Å². The number of alkyl halides is 2. The Kier molecular flexibility index (Phi) is 7.90. The number of anilines is 2. The Morgan fingerprint density at radius 2 is 1.89 bits per heavy atom. The maximum Gasteiger partial charge on any atom is 0.387 e. The average molecular weight is 507 g/mol. The van der Waals surface area contributed by atoms with Gasteiger partial charge < -0.3 is 14.8 Å². The highest BCUT2D eigenvalue weighted by atomic mass is 32.1. The topological polar surface area (TPSA) is 106 Å². The molecule has 2 heterocycles. The summed E-state index contributed by atoms with van der Waals surface area (Å²) >= 11 is 0.965. The lowest BCUT2D eigenvalue weighted by Crippen LogP contribution is -2.41. The number of nitrogens with one attached hydrogen (secondary N) is 2. The van der Waals surface area contributed by atoms with E-state index in [-0.39, 0.29) is 39.2 Å². The minimum absolute atomic E-state index is 0.0253. The van der Waals surface area contributed by atoms with Gasteiger partial charge in [0.15, 0.2) is 5.01 Å².